The fourth-order valence-electron chi connectivity index (χ4n) is 2.23. The van der Waals surface area contributed by atoms with Gasteiger partial charge in [-0.15, -0.1) is 0 Å². The maximum atomic E-state index is 13.1. The van der Waals surface area contributed by atoms with Gasteiger partial charge in [-0.2, -0.15) is 0 Å². The minimum Gasteiger partial charge on any atom is -0.465 e. The number of amides is 1. The predicted octanol–water partition coefficient (Wildman–Crippen LogP) is 2.96. The Labute approximate surface area is 173 Å². The lowest BCUT2D eigenvalue weighted by molar-refractivity contribution is -0.119. The summed E-state index contributed by atoms with van der Waals surface area (Å²) in [6, 6.07) is 7.20. The van der Waals surface area contributed by atoms with Crippen LogP contribution in [0.3, 0.4) is 0 Å². The minimum absolute atomic E-state index is 0.0120. The van der Waals surface area contributed by atoms with Crippen LogP contribution in [0.25, 0.3) is 0 Å². The topological polar surface area (TPSA) is 108 Å². The van der Waals surface area contributed by atoms with Gasteiger partial charge < -0.3 is 19.5 Å². The summed E-state index contributed by atoms with van der Waals surface area (Å²) in [5.74, 6) is -3.56. The number of nitrogens with one attached hydrogen (secondary N) is 1. The Hall–Kier alpha value is -3.27. The Balaban J connectivity index is 2.10. The van der Waals surface area contributed by atoms with Crippen LogP contribution >= 0.6 is 15.9 Å². The summed E-state index contributed by atoms with van der Waals surface area (Å²) < 4.78 is 27.4. The summed E-state index contributed by atoms with van der Waals surface area (Å²) in [7, 11) is 2.33. The van der Waals surface area contributed by atoms with Crippen LogP contribution in [-0.4, -0.2) is 44.6 Å². The molecule has 1 amide bonds. The summed E-state index contributed by atoms with van der Waals surface area (Å²) in [4.78, 5) is 47.6. The maximum absolute atomic E-state index is 13.1. The van der Waals surface area contributed by atoms with Crippen LogP contribution in [0, 0.1) is 5.82 Å². The fourth-order valence-corrected chi connectivity index (χ4v) is 2.74. The third-order valence-corrected chi connectivity index (χ3v) is 4.20. The number of esters is 3. The molecular formula is C19H15BrFNO7. The quantitative estimate of drug-likeness (QED) is 0.513. The molecule has 0 radical (unpaired) electrons. The highest BCUT2D eigenvalue weighted by atomic mass is 79.9. The van der Waals surface area contributed by atoms with Gasteiger partial charge in [0, 0.05) is 10.2 Å². The lowest BCUT2D eigenvalue weighted by atomic mass is 10.1. The van der Waals surface area contributed by atoms with Crippen molar-refractivity contribution in [2.24, 2.45) is 0 Å². The molecular weight excluding hydrogens is 453 g/mol. The number of hydrogen-bond donors (Lipinski definition) is 1. The SMILES string of the molecule is COC(=O)c1cc(NC(=O)COC(=O)c2ccc(F)cc2Br)cc(C(=O)OC)c1. The molecule has 0 atom stereocenters. The van der Waals surface area contributed by atoms with Crippen molar-refractivity contribution in [2.45, 2.75) is 0 Å². The highest BCUT2D eigenvalue weighted by Gasteiger charge is 2.17. The van der Waals surface area contributed by atoms with Gasteiger partial charge in [0.15, 0.2) is 6.61 Å². The van der Waals surface area contributed by atoms with Crippen molar-refractivity contribution in [1.82, 2.24) is 0 Å². The molecule has 0 spiro atoms. The molecule has 0 aliphatic carbocycles. The number of halogens is 2. The van der Waals surface area contributed by atoms with Crippen LogP contribution in [0.4, 0.5) is 10.1 Å². The first-order valence-electron chi connectivity index (χ1n) is 7.99. The van der Waals surface area contributed by atoms with Crippen molar-refractivity contribution in [2.75, 3.05) is 26.1 Å². The molecule has 0 saturated heterocycles. The number of anilines is 1. The third kappa shape index (κ3) is 5.85. The number of carbonyl (C=O) groups excluding carboxylic acids is 4. The Bertz CT molecular complexity index is 943. The molecule has 0 aromatic heterocycles. The van der Waals surface area contributed by atoms with E-state index in [0.29, 0.717) is 0 Å². The molecule has 0 aliphatic heterocycles. The second-order valence-electron chi connectivity index (χ2n) is 5.53. The zero-order valence-corrected chi connectivity index (χ0v) is 16.9. The van der Waals surface area contributed by atoms with Crippen LogP contribution in [0.15, 0.2) is 40.9 Å². The molecule has 0 bridgehead atoms. The molecule has 2 aromatic carbocycles. The van der Waals surface area contributed by atoms with E-state index < -0.39 is 36.2 Å². The van der Waals surface area contributed by atoms with Gasteiger partial charge in [-0.3, -0.25) is 4.79 Å². The molecule has 1 N–H and O–H groups in total. The van der Waals surface area contributed by atoms with Gasteiger partial charge in [-0.1, -0.05) is 0 Å². The number of hydrogen-bond acceptors (Lipinski definition) is 7. The van der Waals surface area contributed by atoms with E-state index in [1.54, 1.807) is 0 Å². The standard InChI is InChI=1S/C19H15BrFNO7/c1-27-17(24)10-5-11(18(25)28-2)7-13(6-10)22-16(23)9-29-19(26)14-4-3-12(21)8-15(14)20/h3-8H,9H2,1-2H3,(H,22,23). The fraction of sp³-hybridized carbons (Fsp3) is 0.158. The second kappa shape index (κ2) is 9.78. The number of rotatable bonds is 6. The molecule has 10 heteroatoms. The highest BCUT2D eigenvalue weighted by molar-refractivity contribution is 9.10. The molecule has 0 aliphatic rings. The van der Waals surface area contributed by atoms with Crippen molar-refractivity contribution in [3.05, 3.63) is 63.4 Å². The van der Waals surface area contributed by atoms with Crippen LogP contribution in [0.1, 0.15) is 31.1 Å². The third-order valence-electron chi connectivity index (χ3n) is 3.54. The highest BCUT2D eigenvalue weighted by Crippen LogP contribution is 2.19. The van der Waals surface area contributed by atoms with Gasteiger partial charge in [0.05, 0.1) is 30.9 Å². The lowest BCUT2D eigenvalue weighted by Crippen LogP contribution is -2.21. The summed E-state index contributed by atoms with van der Waals surface area (Å²) in [6.07, 6.45) is 0. The predicted molar refractivity (Wildman–Crippen MR) is 102 cm³/mol. The first-order chi connectivity index (χ1) is 13.7. The van der Waals surface area contributed by atoms with E-state index in [2.05, 4.69) is 30.7 Å². The van der Waals surface area contributed by atoms with Gasteiger partial charge in [-0.05, 0) is 52.3 Å². The first-order valence-corrected chi connectivity index (χ1v) is 8.78. The van der Waals surface area contributed by atoms with E-state index in [9.17, 15) is 23.6 Å². The van der Waals surface area contributed by atoms with Crippen molar-refractivity contribution >= 4 is 45.4 Å². The maximum Gasteiger partial charge on any atom is 0.339 e. The Morgan fingerprint density at radius 1 is 0.931 bits per heavy atom. The van der Waals surface area contributed by atoms with Crippen LogP contribution in [0.2, 0.25) is 0 Å². The number of ether oxygens (including phenoxy) is 3. The Morgan fingerprint density at radius 2 is 1.52 bits per heavy atom. The average Bonchev–Trinajstić information content (AvgIpc) is 2.70. The van der Waals surface area contributed by atoms with Gasteiger partial charge >= 0.3 is 17.9 Å². The summed E-state index contributed by atoms with van der Waals surface area (Å²) in [6.45, 7) is -0.654. The number of benzene rings is 2. The minimum atomic E-state index is -0.842. The van der Waals surface area contributed by atoms with Gasteiger partial charge in [0.2, 0.25) is 0 Å². The summed E-state index contributed by atoms with van der Waals surface area (Å²) in [5.41, 5.74) is 0.160. The van der Waals surface area contributed by atoms with E-state index in [4.69, 9.17) is 4.74 Å². The molecule has 2 aromatic rings. The van der Waals surface area contributed by atoms with E-state index in [1.807, 2.05) is 0 Å². The zero-order chi connectivity index (χ0) is 21.6. The van der Waals surface area contributed by atoms with E-state index in [1.165, 1.54) is 38.5 Å². The van der Waals surface area contributed by atoms with Gasteiger partial charge in [0.1, 0.15) is 5.82 Å². The lowest BCUT2D eigenvalue weighted by Gasteiger charge is -2.10. The Kier molecular flexibility index (Phi) is 7.43. The van der Waals surface area contributed by atoms with E-state index in [-0.39, 0.29) is 26.9 Å². The molecule has 0 unspecified atom stereocenters. The van der Waals surface area contributed by atoms with Crippen LogP contribution in [-0.2, 0) is 19.0 Å². The smallest absolute Gasteiger partial charge is 0.339 e. The molecule has 152 valence electrons. The normalized spacial score (nSPS) is 10.1. The molecule has 0 fully saturated rings. The van der Waals surface area contributed by atoms with Crippen molar-refractivity contribution in [3.8, 4) is 0 Å². The van der Waals surface area contributed by atoms with Gasteiger partial charge in [-0.25, -0.2) is 18.8 Å². The molecule has 2 rings (SSSR count). The van der Waals surface area contributed by atoms with E-state index in [0.717, 1.165) is 12.1 Å². The monoisotopic (exact) mass is 467 g/mol. The van der Waals surface area contributed by atoms with Crippen LogP contribution < -0.4 is 5.32 Å². The summed E-state index contributed by atoms with van der Waals surface area (Å²) in [5, 5.41) is 2.41. The first kappa shape index (κ1) is 22.0. The van der Waals surface area contributed by atoms with Gasteiger partial charge in [0.25, 0.3) is 5.91 Å². The average molecular weight is 468 g/mol. The van der Waals surface area contributed by atoms with Crippen LogP contribution in [0.5, 0.6) is 0 Å². The summed E-state index contributed by atoms with van der Waals surface area (Å²) >= 11 is 3.04. The second-order valence-corrected chi connectivity index (χ2v) is 6.39. The molecule has 29 heavy (non-hydrogen) atoms. The van der Waals surface area contributed by atoms with Crippen molar-refractivity contribution < 1.29 is 37.8 Å². The number of carbonyl (C=O) groups is 4. The Morgan fingerprint density at radius 3 is 2.03 bits per heavy atom. The van der Waals surface area contributed by atoms with Crippen molar-refractivity contribution in [1.29, 1.82) is 0 Å². The molecule has 0 saturated carbocycles. The molecule has 8 nitrogen and oxygen atoms in total. The van der Waals surface area contributed by atoms with Crippen molar-refractivity contribution in [3.63, 3.8) is 0 Å². The largest absolute Gasteiger partial charge is 0.465 e. The zero-order valence-electron chi connectivity index (χ0n) is 15.3. The molecule has 0 heterocycles. The van der Waals surface area contributed by atoms with E-state index >= 15 is 0 Å². The number of methoxy groups -OCH3 is 2.